The van der Waals surface area contributed by atoms with E-state index in [1.807, 2.05) is 0 Å². The molecule has 0 atom stereocenters. The number of carbonyl (C=O) groups is 1. The molecule has 3 rings (SSSR count). The van der Waals surface area contributed by atoms with E-state index in [4.69, 9.17) is 0 Å². The van der Waals surface area contributed by atoms with E-state index in [0.29, 0.717) is 5.56 Å². The zero-order valence-electron chi connectivity index (χ0n) is 12.5. The Morgan fingerprint density at radius 3 is 2.56 bits per heavy atom. The Bertz CT molecular complexity index is 890. The maximum atomic E-state index is 13.2. The van der Waals surface area contributed by atoms with Crippen molar-refractivity contribution in [3.8, 4) is 0 Å². The molecule has 25 heavy (non-hydrogen) atoms. The molecule has 1 amide bonds. The van der Waals surface area contributed by atoms with Crippen molar-refractivity contribution in [2.24, 2.45) is 4.99 Å². The second kappa shape index (κ2) is 6.72. The third-order valence-corrected chi connectivity index (χ3v) is 4.11. The quantitative estimate of drug-likeness (QED) is 0.616. The van der Waals surface area contributed by atoms with Gasteiger partial charge in [0.2, 0.25) is 0 Å². The molecule has 0 aromatic heterocycles. The molecule has 1 heterocycles. The first-order chi connectivity index (χ1) is 11.8. The first-order valence-electron chi connectivity index (χ1n) is 7.04. The first kappa shape index (κ1) is 17.2. The number of nitrogens with one attached hydrogen (secondary N) is 1. The van der Waals surface area contributed by atoms with Gasteiger partial charge in [-0.1, -0.05) is 18.2 Å². The normalized spacial score (nSPS) is 18.0. The SMILES string of the molecule is O=C1NC(=Nc2cccc(C(F)(F)F)c2)S/C1=C\c1cccc(F)c1. The Morgan fingerprint density at radius 2 is 1.84 bits per heavy atom. The van der Waals surface area contributed by atoms with Crippen LogP contribution in [0.3, 0.4) is 0 Å². The van der Waals surface area contributed by atoms with Crippen LogP contribution in [0.25, 0.3) is 6.08 Å². The molecule has 1 N–H and O–H groups in total. The third-order valence-electron chi connectivity index (χ3n) is 3.20. The molecule has 1 fully saturated rings. The molecule has 0 unspecified atom stereocenters. The average Bonchev–Trinajstić information content (AvgIpc) is 2.86. The van der Waals surface area contributed by atoms with Crippen molar-refractivity contribution in [1.29, 1.82) is 0 Å². The average molecular weight is 366 g/mol. The fourth-order valence-corrected chi connectivity index (χ4v) is 2.94. The van der Waals surface area contributed by atoms with E-state index in [1.165, 1.54) is 36.4 Å². The van der Waals surface area contributed by atoms with Crippen LogP contribution < -0.4 is 5.32 Å². The van der Waals surface area contributed by atoms with Crippen molar-refractivity contribution in [2.75, 3.05) is 0 Å². The highest BCUT2D eigenvalue weighted by Crippen LogP contribution is 2.33. The summed E-state index contributed by atoms with van der Waals surface area (Å²) >= 11 is 0.974. The number of hydrogen-bond acceptors (Lipinski definition) is 3. The number of rotatable bonds is 2. The third kappa shape index (κ3) is 4.27. The van der Waals surface area contributed by atoms with E-state index < -0.39 is 23.5 Å². The second-order valence-electron chi connectivity index (χ2n) is 5.08. The van der Waals surface area contributed by atoms with Gasteiger partial charge in [0.15, 0.2) is 5.17 Å². The van der Waals surface area contributed by atoms with Crippen LogP contribution in [0.15, 0.2) is 58.4 Å². The van der Waals surface area contributed by atoms with Crippen molar-refractivity contribution < 1.29 is 22.4 Å². The molecule has 0 spiro atoms. The topological polar surface area (TPSA) is 41.5 Å². The summed E-state index contributed by atoms with van der Waals surface area (Å²) < 4.78 is 51.3. The van der Waals surface area contributed by atoms with Gasteiger partial charge in [-0.05, 0) is 53.7 Å². The lowest BCUT2D eigenvalue weighted by Gasteiger charge is -2.06. The molecule has 1 saturated heterocycles. The van der Waals surface area contributed by atoms with Crippen LogP contribution in [0.4, 0.5) is 23.2 Å². The van der Waals surface area contributed by atoms with Gasteiger partial charge in [-0.3, -0.25) is 4.79 Å². The number of amidine groups is 1. The van der Waals surface area contributed by atoms with Gasteiger partial charge in [-0.15, -0.1) is 0 Å². The van der Waals surface area contributed by atoms with Gasteiger partial charge in [0, 0.05) is 0 Å². The van der Waals surface area contributed by atoms with Crippen molar-refractivity contribution in [1.82, 2.24) is 5.32 Å². The summed E-state index contributed by atoms with van der Waals surface area (Å²) in [6, 6.07) is 10.2. The van der Waals surface area contributed by atoms with Gasteiger partial charge >= 0.3 is 6.18 Å². The molecular weight excluding hydrogens is 356 g/mol. The van der Waals surface area contributed by atoms with Crippen LogP contribution in [0.2, 0.25) is 0 Å². The van der Waals surface area contributed by atoms with E-state index in [-0.39, 0.29) is 15.8 Å². The lowest BCUT2D eigenvalue weighted by atomic mass is 10.2. The highest BCUT2D eigenvalue weighted by molar-refractivity contribution is 8.18. The smallest absolute Gasteiger partial charge is 0.300 e. The van der Waals surface area contributed by atoms with Crippen LogP contribution in [0.5, 0.6) is 0 Å². The molecule has 2 aromatic rings. The largest absolute Gasteiger partial charge is 0.416 e. The highest BCUT2D eigenvalue weighted by Gasteiger charge is 2.30. The number of halogens is 4. The number of carbonyl (C=O) groups excluding carboxylic acids is 1. The number of alkyl halides is 3. The summed E-state index contributed by atoms with van der Waals surface area (Å²) in [5.74, 6) is -0.879. The van der Waals surface area contributed by atoms with Crippen LogP contribution in [0.1, 0.15) is 11.1 Å². The predicted molar refractivity (Wildman–Crippen MR) is 88.6 cm³/mol. The molecule has 0 aliphatic carbocycles. The summed E-state index contributed by atoms with van der Waals surface area (Å²) in [4.78, 5) is 16.2. The molecule has 3 nitrogen and oxygen atoms in total. The molecule has 1 aliphatic heterocycles. The Balaban J connectivity index is 1.84. The predicted octanol–water partition coefficient (Wildman–Crippen LogP) is 4.74. The number of nitrogens with zero attached hydrogens (tertiary/aromatic N) is 1. The maximum absolute atomic E-state index is 13.2. The monoisotopic (exact) mass is 366 g/mol. The molecule has 128 valence electrons. The van der Waals surface area contributed by atoms with Gasteiger partial charge < -0.3 is 5.32 Å². The highest BCUT2D eigenvalue weighted by atomic mass is 32.2. The van der Waals surface area contributed by atoms with Crippen LogP contribution in [0, 0.1) is 5.82 Å². The van der Waals surface area contributed by atoms with Gasteiger partial charge in [0.25, 0.3) is 5.91 Å². The zero-order valence-corrected chi connectivity index (χ0v) is 13.3. The van der Waals surface area contributed by atoms with Gasteiger partial charge in [0.1, 0.15) is 5.82 Å². The lowest BCUT2D eigenvalue weighted by molar-refractivity contribution is -0.137. The number of thioether (sulfide) groups is 1. The number of amides is 1. The minimum Gasteiger partial charge on any atom is -0.300 e. The van der Waals surface area contributed by atoms with E-state index in [1.54, 1.807) is 6.07 Å². The summed E-state index contributed by atoms with van der Waals surface area (Å²) in [7, 11) is 0. The van der Waals surface area contributed by atoms with Gasteiger partial charge in [-0.2, -0.15) is 13.2 Å². The van der Waals surface area contributed by atoms with Gasteiger partial charge in [0.05, 0.1) is 16.2 Å². The molecular formula is C17H10F4N2OS. The number of aliphatic imine (C=N–C) groups is 1. The fraction of sp³-hybridized carbons (Fsp3) is 0.0588. The van der Waals surface area contributed by atoms with E-state index in [9.17, 15) is 22.4 Å². The minimum atomic E-state index is -4.47. The minimum absolute atomic E-state index is 0.0737. The number of hydrogen-bond donors (Lipinski definition) is 1. The standard InChI is InChI=1S/C17H10F4N2OS/c18-12-5-1-3-10(7-12)8-14-15(24)23-16(25-14)22-13-6-2-4-11(9-13)17(19,20)21/h1-9H,(H,22,23,24)/b14-8-. The van der Waals surface area contributed by atoms with Crippen molar-refractivity contribution in [3.63, 3.8) is 0 Å². The Labute approximate surface area is 144 Å². The molecule has 1 aliphatic rings. The Kier molecular flexibility index (Phi) is 4.63. The molecule has 0 saturated carbocycles. The van der Waals surface area contributed by atoms with E-state index in [2.05, 4.69) is 10.3 Å². The van der Waals surface area contributed by atoms with Crippen molar-refractivity contribution in [2.45, 2.75) is 6.18 Å². The van der Waals surface area contributed by atoms with Crippen molar-refractivity contribution in [3.05, 3.63) is 70.4 Å². The second-order valence-corrected chi connectivity index (χ2v) is 6.12. The first-order valence-corrected chi connectivity index (χ1v) is 7.85. The van der Waals surface area contributed by atoms with Gasteiger partial charge in [-0.25, -0.2) is 9.38 Å². The molecule has 8 heteroatoms. The van der Waals surface area contributed by atoms with Crippen LogP contribution in [-0.2, 0) is 11.0 Å². The van der Waals surface area contributed by atoms with E-state index >= 15 is 0 Å². The van der Waals surface area contributed by atoms with Crippen LogP contribution >= 0.6 is 11.8 Å². The molecule has 0 bridgehead atoms. The zero-order chi connectivity index (χ0) is 18.0. The molecule has 2 aromatic carbocycles. The van der Waals surface area contributed by atoms with Crippen molar-refractivity contribution >= 4 is 34.6 Å². The maximum Gasteiger partial charge on any atom is 0.416 e. The summed E-state index contributed by atoms with van der Waals surface area (Å²) in [5, 5.41) is 2.64. The summed E-state index contributed by atoms with van der Waals surface area (Å²) in [6.45, 7) is 0. The molecule has 0 radical (unpaired) electrons. The van der Waals surface area contributed by atoms with E-state index in [0.717, 1.165) is 23.9 Å². The summed E-state index contributed by atoms with van der Waals surface area (Å²) in [6.07, 6.45) is -2.98. The van der Waals surface area contributed by atoms with Crippen LogP contribution in [-0.4, -0.2) is 11.1 Å². The number of benzene rings is 2. The lowest BCUT2D eigenvalue weighted by Crippen LogP contribution is -2.19. The Morgan fingerprint density at radius 1 is 1.08 bits per heavy atom. The summed E-state index contributed by atoms with van der Waals surface area (Å²) in [5.41, 5.74) is -0.248. The fourth-order valence-electron chi connectivity index (χ4n) is 2.10. The Hall–Kier alpha value is -2.61.